The Labute approximate surface area is 117 Å². The van der Waals surface area contributed by atoms with Crippen LogP contribution in [-0.2, 0) is 9.47 Å². The van der Waals surface area contributed by atoms with Gasteiger partial charge >= 0.3 is 0 Å². The van der Waals surface area contributed by atoms with Crippen molar-refractivity contribution in [1.29, 1.82) is 0 Å². The van der Waals surface area contributed by atoms with Gasteiger partial charge in [-0.15, -0.1) is 0 Å². The molecule has 0 heterocycles. The molecule has 0 radical (unpaired) electrons. The van der Waals surface area contributed by atoms with Crippen LogP contribution < -0.4 is 5.73 Å². The molecule has 0 aliphatic carbocycles. The second-order valence-corrected chi connectivity index (χ2v) is 5.85. The van der Waals surface area contributed by atoms with Crippen LogP contribution in [0.25, 0.3) is 0 Å². The van der Waals surface area contributed by atoms with Crippen molar-refractivity contribution in [2.24, 2.45) is 5.73 Å². The van der Waals surface area contributed by atoms with Crippen molar-refractivity contribution in [3.63, 3.8) is 0 Å². The Balaban J connectivity index is 4.77. The summed E-state index contributed by atoms with van der Waals surface area (Å²) in [7, 11) is 5.49. The minimum atomic E-state index is -0.201. The van der Waals surface area contributed by atoms with Crippen LogP contribution in [0.5, 0.6) is 0 Å². The third-order valence-corrected chi connectivity index (χ3v) is 4.52. The summed E-state index contributed by atoms with van der Waals surface area (Å²) < 4.78 is 10.6. The normalized spacial score (nSPS) is 17.2. The molecule has 0 spiro atoms. The number of likely N-dealkylation sites (N-methyl/N-ethyl adjacent to an activating group) is 1. The molecule has 0 amide bonds. The Morgan fingerprint density at radius 1 is 1.33 bits per heavy atom. The van der Waals surface area contributed by atoms with Gasteiger partial charge < -0.3 is 15.2 Å². The minimum absolute atomic E-state index is 0.104. The molecular weight excluding hydrogens is 248 g/mol. The number of hydrogen-bond donors (Lipinski definition) is 1. The van der Waals surface area contributed by atoms with E-state index >= 15 is 0 Å². The van der Waals surface area contributed by atoms with Gasteiger partial charge in [0.2, 0.25) is 0 Å². The highest BCUT2D eigenvalue weighted by Gasteiger charge is 2.34. The van der Waals surface area contributed by atoms with Gasteiger partial charge in [0.05, 0.1) is 0 Å². The molecule has 4 nitrogen and oxygen atoms in total. The van der Waals surface area contributed by atoms with E-state index in [-0.39, 0.29) is 11.8 Å². The quantitative estimate of drug-likeness (QED) is 0.617. The second kappa shape index (κ2) is 9.15. The summed E-state index contributed by atoms with van der Waals surface area (Å²) in [6.07, 6.45) is 3.84. The fourth-order valence-electron chi connectivity index (χ4n) is 2.13. The Bertz CT molecular complexity index is 215. The predicted molar refractivity (Wildman–Crippen MR) is 80.1 cm³/mol. The van der Waals surface area contributed by atoms with Gasteiger partial charge in [0.1, 0.15) is 0 Å². The molecule has 2 N–H and O–H groups in total. The van der Waals surface area contributed by atoms with E-state index in [0.717, 1.165) is 18.6 Å². The smallest absolute Gasteiger partial charge is 0.158 e. The molecule has 2 atom stereocenters. The van der Waals surface area contributed by atoms with Gasteiger partial charge in [0.25, 0.3) is 0 Å². The van der Waals surface area contributed by atoms with Crippen LogP contribution in [0.4, 0.5) is 0 Å². The largest absolute Gasteiger partial charge is 0.356 e. The van der Waals surface area contributed by atoms with Crippen LogP contribution in [0.3, 0.4) is 0 Å². The third-order valence-electron chi connectivity index (χ3n) is 3.80. The number of thioether (sulfide) groups is 1. The second-order valence-electron chi connectivity index (χ2n) is 4.93. The Hall–Kier alpha value is 0.190. The van der Waals surface area contributed by atoms with Crippen LogP contribution in [0, 0.1) is 0 Å². The number of nitrogens with zero attached hydrogens (tertiary/aromatic N) is 1. The SMILES string of the molecule is CCC(CSC)N(C)C(C)(CN)CC(OC)OC. The Morgan fingerprint density at radius 2 is 1.89 bits per heavy atom. The van der Waals surface area contributed by atoms with Gasteiger partial charge in [-0.25, -0.2) is 0 Å². The third kappa shape index (κ3) is 5.05. The molecule has 0 aliphatic heterocycles. The maximum Gasteiger partial charge on any atom is 0.158 e. The monoisotopic (exact) mass is 278 g/mol. The zero-order valence-corrected chi connectivity index (χ0v) is 13.5. The number of ether oxygens (including phenoxy) is 2. The van der Waals surface area contributed by atoms with Crippen LogP contribution in [0.1, 0.15) is 26.7 Å². The molecule has 0 saturated carbocycles. The molecule has 18 heavy (non-hydrogen) atoms. The number of methoxy groups -OCH3 is 2. The van der Waals surface area contributed by atoms with Crippen molar-refractivity contribution in [2.75, 3.05) is 39.8 Å². The lowest BCUT2D eigenvalue weighted by Gasteiger charge is -2.44. The highest BCUT2D eigenvalue weighted by Crippen LogP contribution is 2.25. The fraction of sp³-hybridized carbons (Fsp3) is 1.00. The topological polar surface area (TPSA) is 47.7 Å². The maximum atomic E-state index is 5.99. The van der Waals surface area contributed by atoms with E-state index < -0.39 is 0 Å². The molecule has 0 aromatic carbocycles. The lowest BCUT2D eigenvalue weighted by atomic mass is 9.93. The maximum absolute atomic E-state index is 5.99. The van der Waals surface area contributed by atoms with Crippen molar-refractivity contribution >= 4 is 11.8 Å². The molecule has 0 rings (SSSR count). The summed E-state index contributed by atoms with van der Waals surface area (Å²) in [6.45, 7) is 5.00. The lowest BCUT2D eigenvalue weighted by Crippen LogP contribution is -2.56. The number of nitrogens with two attached hydrogens (primary N) is 1. The van der Waals surface area contributed by atoms with Crippen molar-refractivity contribution in [1.82, 2.24) is 4.90 Å². The van der Waals surface area contributed by atoms with E-state index in [1.165, 1.54) is 0 Å². The van der Waals surface area contributed by atoms with Crippen LogP contribution in [-0.4, -0.2) is 62.6 Å². The first-order chi connectivity index (χ1) is 8.48. The van der Waals surface area contributed by atoms with E-state index in [4.69, 9.17) is 15.2 Å². The van der Waals surface area contributed by atoms with Crippen molar-refractivity contribution in [3.8, 4) is 0 Å². The summed E-state index contributed by atoms with van der Waals surface area (Å²) in [5.41, 5.74) is 5.89. The molecule has 2 unspecified atom stereocenters. The van der Waals surface area contributed by atoms with E-state index in [9.17, 15) is 0 Å². The number of hydrogen-bond acceptors (Lipinski definition) is 5. The van der Waals surface area contributed by atoms with Crippen molar-refractivity contribution in [3.05, 3.63) is 0 Å². The summed E-state index contributed by atoms with van der Waals surface area (Å²) in [6, 6.07) is 0.530. The molecular formula is C13H30N2O2S. The van der Waals surface area contributed by atoms with Crippen LogP contribution in [0.15, 0.2) is 0 Å². The summed E-state index contributed by atoms with van der Waals surface area (Å²) in [5.74, 6) is 1.12. The summed E-state index contributed by atoms with van der Waals surface area (Å²) in [4.78, 5) is 2.38. The fourth-order valence-corrected chi connectivity index (χ4v) is 2.97. The Kier molecular flexibility index (Phi) is 9.25. The van der Waals surface area contributed by atoms with Crippen molar-refractivity contribution in [2.45, 2.75) is 44.6 Å². The molecule has 5 heteroatoms. The highest BCUT2D eigenvalue weighted by atomic mass is 32.2. The van der Waals surface area contributed by atoms with Gasteiger partial charge in [0.15, 0.2) is 6.29 Å². The Morgan fingerprint density at radius 3 is 2.22 bits per heavy atom. The molecule has 110 valence electrons. The van der Waals surface area contributed by atoms with Gasteiger partial charge in [0, 0.05) is 44.5 Å². The molecule has 0 saturated heterocycles. The van der Waals surface area contributed by atoms with Crippen LogP contribution >= 0.6 is 11.8 Å². The molecule has 0 fully saturated rings. The van der Waals surface area contributed by atoms with E-state index in [1.54, 1.807) is 14.2 Å². The summed E-state index contributed by atoms with van der Waals surface area (Å²) >= 11 is 1.87. The zero-order valence-electron chi connectivity index (χ0n) is 12.7. The van der Waals surface area contributed by atoms with E-state index in [2.05, 4.69) is 32.1 Å². The van der Waals surface area contributed by atoms with Crippen molar-refractivity contribution < 1.29 is 9.47 Å². The average Bonchev–Trinajstić information content (AvgIpc) is 2.41. The minimum Gasteiger partial charge on any atom is -0.356 e. The van der Waals surface area contributed by atoms with Crippen LogP contribution in [0.2, 0.25) is 0 Å². The molecule has 0 aliphatic rings. The summed E-state index contributed by atoms with van der Waals surface area (Å²) in [5, 5.41) is 0. The van der Waals surface area contributed by atoms with Gasteiger partial charge in [-0.2, -0.15) is 11.8 Å². The van der Waals surface area contributed by atoms with E-state index in [0.29, 0.717) is 12.6 Å². The van der Waals surface area contributed by atoms with Gasteiger partial charge in [-0.3, -0.25) is 4.90 Å². The first kappa shape index (κ1) is 18.2. The molecule has 0 bridgehead atoms. The number of rotatable bonds is 10. The standard InChI is InChI=1S/C13H30N2O2S/c1-7-11(9-18-6)15(3)13(2,10-14)8-12(16-4)17-5/h11-12H,7-10,14H2,1-6H3. The average molecular weight is 278 g/mol. The van der Waals surface area contributed by atoms with E-state index in [1.807, 2.05) is 11.8 Å². The molecule has 0 aromatic rings. The zero-order chi connectivity index (χ0) is 14.2. The van der Waals surface area contributed by atoms with Gasteiger partial charge in [-0.1, -0.05) is 6.92 Å². The predicted octanol–water partition coefficient (Wildman–Crippen LogP) is 1.79. The first-order valence-electron chi connectivity index (χ1n) is 6.46. The molecule has 0 aromatic heterocycles. The first-order valence-corrected chi connectivity index (χ1v) is 7.85. The highest BCUT2D eigenvalue weighted by molar-refractivity contribution is 7.98. The lowest BCUT2D eigenvalue weighted by molar-refractivity contribution is -0.129. The van der Waals surface area contributed by atoms with Gasteiger partial charge in [-0.05, 0) is 26.6 Å².